The number of methoxy groups -OCH3 is 1. The zero-order chi connectivity index (χ0) is 12.1. The minimum absolute atomic E-state index is 0.290. The van der Waals surface area contributed by atoms with Gasteiger partial charge in [-0.05, 0) is 24.1 Å². The smallest absolute Gasteiger partial charge is 0.118 e. The average molecular weight is 231 g/mol. The Morgan fingerprint density at radius 3 is 2.65 bits per heavy atom. The highest BCUT2D eigenvalue weighted by Crippen LogP contribution is 2.23. The number of nitrogens with zero attached hydrogens (tertiary/aromatic N) is 1. The molecule has 1 atom stereocenters. The van der Waals surface area contributed by atoms with E-state index in [1.54, 1.807) is 13.3 Å². The lowest BCUT2D eigenvalue weighted by atomic mass is 10.0. The molecule has 4 nitrogen and oxygen atoms in total. The molecule has 0 aliphatic rings. The molecule has 1 aromatic carbocycles. The van der Waals surface area contributed by atoms with Gasteiger partial charge in [0.25, 0.3) is 0 Å². The van der Waals surface area contributed by atoms with Gasteiger partial charge in [0.15, 0.2) is 0 Å². The summed E-state index contributed by atoms with van der Waals surface area (Å²) in [6.07, 6.45) is 4.65. The first-order chi connectivity index (χ1) is 8.33. The molecule has 0 aliphatic carbocycles. The first kappa shape index (κ1) is 11.5. The summed E-state index contributed by atoms with van der Waals surface area (Å²) in [4.78, 5) is 0. The van der Waals surface area contributed by atoms with Crippen molar-refractivity contribution in [3.63, 3.8) is 0 Å². The highest BCUT2D eigenvalue weighted by molar-refractivity contribution is 5.42. The lowest BCUT2D eigenvalue weighted by Gasteiger charge is -2.17. The van der Waals surface area contributed by atoms with Gasteiger partial charge in [0, 0.05) is 6.20 Å². The molecule has 4 heteroatoms. The predicted molar refractivity (Wildman–Crippen MR) is 68.2 cm³/mol. The van der Waals surface area contributed by atoms with Crippen molar-refractivity contribution in [3.8, 4) is 5.75 Å². The number of aromatic nitrogens is 2. The Hall–Kier alpha value is -1.97. The van der Waals surface area contributed by atoms with Crippen LogP contribution in [0.25, 0.3) is 0 Å². The van der Waals surface area contributed by atoms with Gasteiger partial charge in [-0.2, -0.15) is 5.10 Å². The molecule has 0 spiro atoms. The van der Waals surface area contributed by atoms with E-state index in [0.717, 1.165) is 17.9 Å². The highest BCUT2D eigenvalue weighted by atomic mass is 16.5. The van der Waals surface area contributed by atoms with Crippen LogP contribution < -0.4 is 10.1 Å². The third kappa shape index (κ3) is 2.78. The fraction of sp³-hybridized carbons (Fsp3) is 0.308. The van der Waals surface area contributed by atoms with Crippen molar-refractivity contribution in [2.24, 2.45) is 0 Å². The van der Waals surface area contributed by atoms with E-state index >= 15 is 0 Å². The van der Waals surface area contributed by atoms with E-state index in [1.165, 1.54) is 5.56 Å². The van der Waals surface area contributed by atoms with Crippen LogP contribution in [-0.2, 0) is 0 Å². The van der Waals surface area contributed by atoms with Crippen molar-refractivity contribution in [1.29, 1.82) is 0 Å². The molecule has 17 heavy (non-hydrogen) atoms. The van der Waals surface area contributed by atoms with Gasteiger partial charge in [0.05, 0.1) is 25.0 Å². The number of rotatable bonds is 5. The quantitative estimate of drug-likeness (QED) is 0.831. The molecule has 1 unspecified atom stereocenters. The Morgan fingerprint density at radius 2 is 2.12 bits per heavy atom. The van der Waals surface area contributed by atoms with Crippen molar-refractivity contribution in [3.05, 3.63) is 42.2 Å². The van der Waals surface area contributed by atoms with Gasteiger partial charge in [0.2, 0.25) is 0 Å². The molecule has 1 heterocycles. The summed E-state index contributed by atoms with van der Waals surface area (Å²) in [6, 6.07) is 8.42. The number of benzene rings is 1. The van der Waals surface area contributed by atoms with Gasteiger partial charge in [-0.3, -0.25) is 5.10 Å². The van der Waals surface area contributed by atoms with Gasteiger partial charge in [-0.1, -0.05) is 19.1 Å². The monoisotopic (exact) mass is 231 g/mol. The van der Waals surface area contributed by atoms with E-state index in [-0.39, 0.29) is 0 Å². The summed E-state index contributed by atoms with van der Waals surface area (Å²) < 4.78 is 5.15. The first-order valence-corrected chi connectivity index (χ1v) is 5.72. The van der Waals surface area contributed by atoms with Crippen LogP contribution in [0.5, 0.6) is 5.75 Å². The zero-order valence-electron chi connectivity index (χ0n) is 10.1. The second kappa shape index (κ2) is 5.39. The van der Waals surface area contributed by atoms with Crippen molar-refractivity contribution < 1.29 is 4.74 Å². The molecule has 0 saturated heterocycles. The van der Waals surface area contributed by atoms with Crippen LogP contribution in [0.1, 0.15) is 24.9 Å². The van der Waals surface area contributed by atoms with Crippen LogP contribution in [-0.4, -0.2) is 17.3 Å². The molecule has 0 radical (unpaired) electrons. The average Bonchev–Trinajstić information content (AvgIpc) is 2.89. The molecule has 90 valence electrons. The highest BCUT2D eigenvalue weighted by Gasteiger charge is 2.09. The lowest BCUT2D eigenvalue weighted by molar-refractivity contribution is 0.414. The normalized spacial score (nSPS) is 12.1. The first-order valence-electron chi connectivity index (χ1n) is 5.72. The Balaban J connectivity index is 2.11. The molecule has 0 fully saturated rings. The number of aromatic amines is 1. The second-order valence-corrected chi connectivity index (χ2v) is 3.87. The van der Waals surface area contributed by atoms with Gasteiger partial charge in [0.1, 0.15) is 5.75 Å². The second-order valence-electron chi connectivity index (χ2n) is 3.87. The maximum absolute atomic E-state index is 5.15. The topological polar surface area (TPSA) is 49.9 Å². The summed E-state index contributed by atoms with van der Waals surface area (Å²) in [5.41, 5.74) is 2.25. The molecule has 2 rings (SSSR count). The van der Waals surface area contributed by atoms with Crippen LogP contribution in [0.4, 0.5) is 5.69 Å². The molecular weight excluding hydrogens is 214 g/mol. The van der Waals surface area contributed by atoms with Gasteiger partial charge >= 0.3 is 0 Å². The third-order valence-electron chi connectivity index (χ3n) is 2.77. The van der Waals surface area contributed by atoms with Crippen molar-refractivity contribution in [2.45, 2.75) is 19.4 Å². The van der Waals surface area contributed by atoms with Gasteiger partial charge < -0.3 is 10.1 Å². The Kier molecular flexibility index (Phi) is 3.65. The summed E-state index contributed by atoms with van der Waals surface area (Å²) in [5.74, 6) is 0.881. The minimum Gasteiger partial charge on any atom is -0.497 e. The third-order valence-corrected chi connectivity index (χ3v) is 2.77. The van der Waals surface area contributed by atoms with E-state index in [4.69, 9.17) is 4.74 Å². The van der Waals surface area contributed by atoms with E-state index in [1.807, 2.05) is 18.3 Å². The SMILES string of the molecule is CCC(Nc1cn[nH]c1)c1ccc(OC)cc1. The summed E-state index contributed by atoms with van der Waals surface area (Å²) >= 11 is 0. The Morgan fingerprint density at radius 1 is 1.35 bits per heavy atom. The summed E-state index contributed by atoms with van der Waals surface area (Å²) in [7, 11) is 1.68. The summed E-state index contributed by atoms with van der Waals surface area (Å²) in [5, 5.41) is 10.1. The molecule has 0 aliphatic heterocycles. The van der Waals surface area contributed by atoms with E-state index < -0.39 is 0 Å². The number of nitrogens with one attached hydrogen (secondary N) is 2. The molecular formula is C13H17N3O. The van der Waals surface area contributed by atoms with Crippen LogP contribution in [0.3, 0.4) is 0 Å². The molecule has 0 bridgehead atoms. The Bertz CT molecular complexity index is 436. The predicted octanol–water partition coefficient (Wildman–Crippen LogP) is 2.98. The molecule has 0 amide bonds. The van der Waals surface area contributed by atoms with E-state index in [2.05, 4.69) is 34.6 Å². The van der Waals surface area contributed by atoms with E-state index in [0.29, 0.717) is 6.04 Å². The maximum atomic E-state index is 5.15. The van der Waals surface area contributed by atoms with Gasteiger partial charge in [-0.15, -0.1) is 0 Å². The zero-order valence-corrected chi connectivity index (χ0v) is 10.1. The van der Waals surface area contributed by atoms with Crippen LogP contribution in [0.2, 0.25) is 0 Å². The largest absolute Gasteiger partial charge is 0.497 e. The van der Waals surface area contributed by atoms with Crippen molar-refractivity contribution >= 4 is 5.69 Å². The molecule has 1 aromatic heterocycles. The molecule has 0 saturated carbocycles. The number of anilines is 1. The number of H-pyrrole nitrogens is 1. The number of ether oxygens (including phenoxy) is 1. The van der Waals surface area contributed by atoms with Gasteiger partial charge in [-0.25, -0.2) is 0 Å². The molecule has 2 N–H and O–H groups in total. The number of hydrogen-bond donors (Lipinski definition) is 2. The van der Waals surface area contributed by atoms with Crippen molar-refractivity contribution in [2.75, 3.05) is 12.4 Å². The maximum Gasteiger partial charge on any atom is 0.118 e. The Labute approximate surface area is 101 Å². The van der Waals surface area contributed by atoms with Crippen LogP contribution in [0.15, 0.2) is 36.7 Å². The van der Waals surface area contributed by atoms with Crippen LogP contribution in [0, 0.1) is 0 Å². The minimum atomic E-state index is 0.290. The molecule has 2 aromatic rings. The summed E-state index contributed by atoms with van der Waals surface area (Å²) in [6.45, 7) is 2.15. The lowest BCUT2D eigenvalue weighted by Crippen LogP contribution is -2.08. The fourth-order valence-electron chi connectivity index (χ4n) is 1.79. The number of hydrogen-bond acceptors (Lipinski definition) is 3. The van der Waals surface area contributed by atoms with Crippen molar-refractivity contribution in [1.82, 2.24) is 10.2 Å². The standard InChI is InChI=1S/C13H17N3O/c1-3-13(16-11-8-14-15-9-11)10-4-6-12(17-2)7-5-10/h4-9,13,16H,3H2,1-2H3,(H,14,15). The van der Waals surface area contributed by atoms with E-state index in [9.17, 15) is 0 Å². The fourth-order valence-corrected chi connectivity index (χ4v) is 1.79. The van der Waals surface area contributed by atoms with Crippen LogP contribution >= 0.6 is 0 Å².